The maximum absolute atomic E-state index is 15.2. The number of thioether (sulfide) groups is 1. The molecule has 0 bridgehead atoms. The average Bonchev–Trinajstić information content (AvgIpc) is 3.10. The zero-order valence-corrected chi connectivity index (χ0v) is 22.6. The summed E-state index contributed by atoms with van der Waals surface area (Å²) in [6.45, 7) is -0.989. The number of carbonyl (C=O) groups excluding carboxylic acids is 1. The Hall–Kier alpha value is -3.33. The zero-order valence-electron chi connectivity index (χ0n) is 20.9. The number of nitrogens with zero attached hydrogens (tertiary/aromatic N) is 3. The van der Waals surface area contributed by atoms with E-state index in [1.807, 2.05) is 0 Å². The van der Waals surface area contributed by atoms with Gasteiger partial charge in [-0.2, -0.15) is 0 Å². The lowest BCUT2D eigenvalue weighted by atomic mass is 9.93. The number of pyridine rings is 1. The number of hydrogen-bond acceptors (Lipinski definition) is 8. The molecule has 6 rings (SSSR count). The van der Waals surface area contributed by atoms with E-state index >= 15 is 8.78 Å². The lowest BCUT2D eigenvalue weighted by molar-refractivity contribution is -0.0204. The summed E-state index contributed by atoms with van der Waals surface area (Å²) < 4.78 is 72.2. The average molecular weight is 611 g/mol. The number of phosphoric acid groups is 1. The van der Waals surface area contributed by atoms with Gasteiger partial charge >= 0.3 is 7.82 Å². The fourth-order valence-electron chi connectivity index (χ4n) is 5.29. The van der Waals surface area contributed by atoms with Crippen LogP contribution in [0, 0.1) is 17.5 Å². The molecule has 0 aliphatic carbocycles. The number of fused-ring (bicyclic) bond motifs is 4. The second-order valence-electron chi connectivity index (χ2n) is 9.30. The molecule has 16 heteroatoms. The largest absolute Gasteiger partial charge is 0.472 e. The Kier molecular flexibility index (Phi) is 7.12. The normalized spacial score (nSPS) is 20.1. The van der Waals surface area contributed by atoms with Crippen molar-refractivity contribution in [3.8, 4) is 5.75 Å². The van der Waals surface area contributed by atoms with Crippen LogP contribution in [0.2, 0.25) is 0 Å². The number of halogens is 3. The summed E-state index contributed by atoms with van der Waals surface area (Å²) in [4.78, 5) is 46.8. The first-order valence-corrected chi connectivity index (χ1v) is 14.7. The van der Waals surface area contributed by atoms with Crippen LogP contribution in [-0.4, -0.2) is 58.0 Å². The monoisotopic (exact) mass is 611 g/mol. The predicted octanol–water partition coefficient (Wildman–Crippen LogP) is 2.86. The number of amides is 1. The standard InChI is InChI=1S/C25H21F3N3O8PS/c26-16-6-5-13-15(20(16)28)11-41-18-4-2-1-3-14(18)21(13)31-19-10-37-8-7-29(19)25(33)22-24(38-12-39-40(34,35)36)23(32)17(27)9-30(22)31/h1-6,9,19,21H,7-8,10-12H2,(H2,34,35,36)/t19-,21+/m1/s1. The van der Waals surface area contributed by atoms with E-state index in [0.717, 1.165) is 21.8 Å². The minimum absolute atomic E-state index is 0.0404. The van der Waals surface area contributed by atoms with Crippen LogP contribution in [-0.2, 0) is 19.6 Å². The Morgan fingerprint density at radius 2 is 1.85 bits per heavy atom. The summed E-state index contributed by atoms with van der Waals surface area (Å²) >= 11 is 1.28. The summed E-state index contributed by atoms with van der Waals surface area (Å²) in [7, 11) is -5.04. The summed E-state index contributed by atoms with van der Waals surface area (Å²) in [6.07, 6.45) is -0.0923. The first-order valence-electron chi connectivity index (χ1n) is 12.2. The number of ether oxygens (including phenoxy) is 2. The summed E-state index contributed by atoms with van der Waals surface area (Å²) in [6, 6.07) is 8.59. The van der Waals surface area contributed by atoms with Crippen LogP contribution < -0.4 is 15.2 Å². The Morgan fingerprint density at radius 1 is 1.07 bits per heavy atom. The van der Waals surface area contributed by atoms with Gasteiger partial charge in [0.1, 0.15) is 6.17 Å². The number of benzene rings is 2. The molecular formula is C25H21F3N3O8PS. The lowest BCUT2D eigenvalue weighted by Crippen LogP contribution is -2.66. The first-order chi connectivity index (χ1) is 19.6. The molecule has 11 nitrogen and oxygen atoms in total. The second kappa shape index (κ2) is 10.5. The van der Waals surface area contributed by atoms with E-state index in [4.69, 9.17) is 19.3 Å². The van der Waals surface area contributed by atoms with Crippen LogP contribution >= 0.6 is 19.6 Å². The smallest absolute Gasteiger partial charge is 0.460 e. The third-order valence-electron chi connectivity index (χ3n) is 7.02. The van der Waals surface area contributed by atoms with Crippen molar-refractivity contribution in [2.45, 2.75) is 22.9 Å². The molecule has 1 aromatic heterocycles. The highest BCUT2D eigenvalue weighted by molar-refractivity contribution is 7.98. The Morgan fingerprint density at radius 3 is 2.63 bits per heavy atom. The molecule has 3 aliphatic rings. The third-order valence-corrected chi connectivity index (χ3v) is 8.58. The molecule has 1 fully saturated rings. The van der Waals surface area contributed by atoms with E-state index in [0.29, 0.717) is 11.1 Å². The van der Waals surface area contributed by atoms with Crippen LogP contribution in [0.4, 0.5) is 13.2 Å². The van der Waals surface area contributed by atoms with E-state index in [1.54, 1.807) is 24.3 Å². The highest BCUT2D eigenvalue weighted by Gasteiger charge is 2.47. The fourth-order valence-corrected chi connectivity index (χ4v) is 6.59. The van der Waals surface area contributed by atoms with E-state index in [2.05, 4.69) is 4.52 Å². The molecule has 0 spiro atoms. The van der Waals surface area contributed by atoms with Crippen molar-refractivity contribution in [3.05, 3.63) is 92.7 Å². The van der Waals surface area contributed by atoms with E-state index in [1.165, 1.54) is 27.7 Å². The van der Waals surface area contributed by atoms with Gasteiger partial charge in [-0.05, 0) is 23.3 Å². The molecule has 1 saturated heterocycles. The lowest BCUT2D eigenvalue weighted by Gasteiger charge is -2.51. The van der Waals surface area contributed by atoms with Crippen LogP contribution in [0.15, 0.2) is 52.3 Å². The number of hydrogen-bond donors (Lipinski definition) is 2. The number of carbonyl (C=O) groups is 1. The number of morpholine rings is 1. The number of rotatable bonds is 5. The molecule has 4 heterocycles. The van der Waals surface area contributed by atoms with Gasteiger partial charge in [0.15, 0.2) is 23.1 Å². The minimum Gasteiger partial charge on any atom is -0.460 e. The van der Waals surface area contributed by atoms with Gasteiger partial charge < -0.3 is 24.2 Å². The molecule has 0 radical (unpaired) electrons. The highest BCUT2D eigenvalue weighted by atomic mass is 32.2. The summed E-state index contributed by atoms with van der Waals surface area (Å²) in [5, 5.41) is 1.54. The van der Waals surface area contributed by atoms with Crippen molar-refractivity contribution in [1.82, 2.24) is 9.58 Å². The Balaban J connectivity index is 1.62. The number of aromatic nitrogens is 1. The maximum Gasteiger partial charge on any atom is 0.472 e. The topological polar surface area (TPSA) is 131 Å². The predicted molar refractivity (Wildman–Crippen MR) is 137 cm³/mol. The number of phosphoric ester groups is 1. The molecule has 3 aromatic rings. The Bertz CT molecular complexity index is 1670. The van der Waals surface area contributed by atoms with Gasteiger partial charge in [0.05, 0.1) is 25.5 Å². The molecule has 41 heavy (non-hydrogen) atoms. The van der Waals surface area contributed by atoms with Gasteiger partial charge in [-0.15, -0.1) is 11.8 Å². The van der Waals surface area contributed by atoms with Gasteiger partial charge in [-0.25, -0.2) is 22.3 Å². The van der Waals surface area contributed by atoms with Gasteiger partial charge in [0, 0.05) is 22.8 Å². The summed E-state index contributed by atoms with van der Waals surface area (Å²) in [5.41, 5.74) is -0.720. The second-order valence-corrected chi connectivity index (χ2v) is 11.6. The minimum atomic E-state index is -5.04. The van der Waals surface area contributed by atoms with Crippen molar-refractivity contribution in [2.24, 2.45) is 0 Å². The highest BCUT2D eigenvalue weighted by Crippen LogP contribution is 2.45. The molecule has 3 aliphatic heterocycles. The van der Waals surface area contributed by atoms with Crippen LogP contribution in [0.25, 0.3) is 0 Å². The van der Waals surface area contributed by atoms with Gasteiger partial charge in [-0.1, -0.05) is 24.3 Å². The van der Waals surface area contributed by atoms with E-state index in [9.17, 15) is 18.5 Å². The molecule has 0 unspecified atom stereocenters. The maximum atomic E-state index is 15.2. The Labute approximate surface area is 234 Å². The molecule has 1 amide bonds. The molecule has 0 saturated carbocycles. The molecule has 2 N–H and O–H groups in total. The SMILES string of the molecule is O=C1c2c(OCOP(=O)(O)O)c(=O)c(F)cn2N([C@@H]2c3ccccc3SCc3c2ccc(F)c3F)[C@@H]2COCCN12. The van der Waals surface area contributed by atoms with E-state index in [-0.39, 0.29) is 31.1 Å². The van der Waals surface area contributed by atoms with Gasteiger partial charge in [0.2, 0.25) is 12.5 Å². The van der Waals surface area contributed by atoms with Crippen molar-refractivity contribution in [1.29, 1.82) is 0 Å². The van der Waals surface area contributed by atoms with E-state index < -0.39 is 67.1 Å². The fraction of sp³-hybridized carbons (Fsp3) is 0.280. The molecule has 216 valence electrons. The quantitative estimate of drug-likeness (QED) is 0.328. The third kappa shape index (κ3) is 4.82. The molecular weight excluding hydrogens is 590 g/mol. The van der Waals surface area contributed by atoms with Gasteiger partial charge in [-0.3, -0.25) is 19.3 Å². The zero-order chi connectivity index (χ0) is 29.1. The van der Waals surface area contributed by atoms with Crippen molar-refractivity contribution >= 4 is 25.5 Å². The van der Waals surface area contributed by atoms with Crippen molar-refractivity contribution in [3.63, 3.8) is 0 Å². The summed E-state index contributed by atoms with van der Waals surface area (Å²) in [5.74, 6) is -4.91. The van der Waals surface area contributed by atoms with Gasteiger partial charge in [0.25, 0.3) is 11.3 Å². The van der Waals surface area contributed by atoms with Crippen LogP contribution in [0.5, 0.6) is 5.75 Å². The van der Waals surface area contributed by atoms with Crippen molar-refractivity contribution < 1.29 is 46.3 Å². The van der Waals surface area contributed by atoms with Crippen molar-refractivity contribution in [2.75, 3.05) is 31.6 Å². The van der Waals surface area contributed by atoms with Crippen LogP contribution in [0.3, 0.4) is 0 Å². The van der Waals surface area contributed by atoms with Crippen LogP contribution in [0.1, 0.15) is 33.2 Å². The molecule has 2 aromatic carbocycles. The first kappa shape index (κ1) is 27.8. The molecule has 2 atom stereocenters.